The standard InChI is InChI=1S/C24H29N5O2/c1-2-19-10-6-7-11-20(19)25-23(31)21-16-22(30)27-24(26-21)29-14-12-28(13-15-29)17-18-8-4-3-5-9-18/h3-11,21H,2,12-17H2,1H3,(H,25,31)(H,26,27,30)/t21-/m0/s1. The van der Waals surface area contributed by atoms with Gasteiger partial charge in [0.15, 0.2) is 0 Å². The zero-order valence-corrected chi connectivity index (χ0v) is 17.9. The molecular weight excluding hydrogens is 390 g/mol. The van der Waals surface area contributed by atoms with E-state index in [1.807, 2.05) is 37.3 Å². The fraction of sp³-hybridized carbons (Fsp3) is 0.375. The Balaban J connectivity index is 1.38. The highest BCUT2D eigenvalue weighted by Crippen LogP contribution is 2.18. The molecule has 2 aliphatic heterocycles. The molecule has 2 aliphatic rings. The maximum absolute atomic E-state index is 12.8. The lowest BCUT2D eigenvalue weighted by Crippen LogP contribution is -2.56. The minimum atomic E-state index is -0.712. The van der Waals surface area contributed by atoms with Gasteiger partial charge in [-0.1, -0.05) is 55.5 Å². The van der Waals surface area contributed by atoms with E-state index in [9.17, 15) is 9.59 Å². The maximum atomic E-state index is 12.8. The van der Waals surface area contributed by atoms with Gasteiger partial charge in [-0.15, -0.1) is 0 Å². The van der Waals surface area contributed by atoms with E-state index in [0.717, 1.165) is 50.4 Å². The first kappa shape index (κ1) is 21.1. The van der Waals surface area contributed by atoms with Gasteiger partial charge in [-0.05, 0) is 23.6 Å². The maximum Gasteiger partial charge on any atom is 0.249 e. The van der Waals surface area contributed by atoms with E-state index in [-0.39, 0.29) is 18.2 Å². The Hall–Kier alpha value is -3.19. The number of anilines is 1. The van der Waals surface area contributed by atoms with Gasteiger partial charge in [0.25, 0.3) is 0 Å². The van der Waals surface area contributed by atoms with E-state index in [0.29, 0.717) is 5.96 Å². The van der Waals surface area contributed by atoms with E-state index in [1.54, 1.807) is 0 Å². The number of amides is 2. The summed E-state index contributed by atoms with van der Waals surface area (Å²) >= 11 is 0. The first-order valence-corrected chi connectivity index (χ1v) is 10.9. The van der Waals surface area contributed by atoms with Crippen LogP contribution in [0.2, 0.25) is 0 Å². The molecule has 0 radical (unpaired) electrons. The summed E-state index contributed by atoms with van der Waals surface area (Å²) in [6.07, 6.45) is 0.890. The molecule has 1 fully saturated rings. The molecule has 0 bridgehead atoms. The quantitative estimate of drug-likeness (QED) is 0.779. The number of rotatable bonds is 5. The average Bonchev–Trinajstić information content (AvgIpc) is 2.80. The lowest BCUT2D eigenvalue weighted by Gasteiger charge is -2.37. The molecule has 4 rings (SSSR count). The summed E-state index contributed by atoms with van der Waals surface area (Å²) in [5.41, 5.74) is 3.14. The molecule has 2 aromatic rings. The second-order valence-corrected chi connectivity index (χ2v) is 7.97. The zero-order chi connectivity index (χ0) is 21.6. The summed E-state index contributed by atoms with van der Waals surface area (Å²) in [6, 6.07) is 17.4. The van der Waals surface area contributed by atoms with Crippen LogP contribution in [0.15, 0.2) is 59.6 Å². The Morgan fingerprint density at radius 2 is 1.77 bits per heavy atom. The van der Waals surface area contributed by atoms with E-state index in [2.05, 4.69) is 49.7 Å². The Kier molecular flexibility index (Phi) is 6.62. The number of hydrogen-bond acceptors (Lipinski definition) is 5. The molecule has 0 unspecified atom stereocenters. The van der Waals surface area contributed by atoms with Crippen LogP contribution < -0.4 is 10.6 Å². The molecule has 0 aromatic heterocycles. The minimum absolute atomic E-state index is 0.0671. The second kappa shape index (κ2) is 9.75. The number of hydrogen-bond donors (Lipinski definition) is 2. The van der Waals surface area contributed by atoms with Crippen molar-refractivity contribution in [2.45, 2.75) is 32.4 Å². The second-order valence-electron chi connectivity index (χ2n) is 7.97. The first-order valence-electron chi connectivity index (χ1n) is 10.9. The molecule has 0 aliphatic carbocycles. The highest BCUT2D eigenvalue weighted by Gasteiger charge is 2.30. The van der Waals surface area contributed by atoms with Crippen LogP contribution in [-0.4, -0.2) is 59.8 Å². The summed E-state index contributed by atoms with van der Waals surface area (Å²) in [5.74, 6) is 0.108. The van der Waals surface area contributed by atoms with Crippen molar-refractivity contribution in [3.8, 4) is 0 Å². The lowest BCUT2D eigenvalue weighted by molar-refractivity contribution is -0.125. The van der Waals surface area contributed by atoms with Crippen LogP contribution in [0, 0.1) is 0 Å². The average molecular weight is 420 g/mol. The summed E-state index contributed by atoms with van der Waals surface area (Å²) in [4.78, 5) is 34.2. The Morgan fingerprint density at radius 3 is 2.52 bits per heavy atom. The predicted octanol–water partition coefficient (Wildman–Crippen LogP) is 2.25. The molecule has 1 atom stereocenters. The fourth-order valence-corrected chi connectivity index (χ4v) is 4.01. The van der Waals surface area contributed by atoms with Crippen LogP contribution in [0.25, 0.3) is 0 Å². The van der Waals surface area contributed by atoms with Crippen LogP contribution in [-0.2, 0) is 22.6 Å². The molecule has 2 N–H and O–H groups in total. The first-order chi connectivity index (χ1) is 15.1. The van der Waals surface area contributed by atoms with Crippen molar-refractivity contribution in [3.05, 3.63) is 65.7 Å². The van der Waals surface area contributed by atoms with Gasteiger partial charge in [0, 0.05) is 38.4 Å². The minimum Gasteiger partial charge on any atom is -0.340 e. The van der Waals surface area contributed by atoms with Gasteiger partial charge >= 0.3 is 0 Å². The molecule has 0 saturated carbocycles. The van der Waals surface area contributed by atoms with Crippen LogP contribution in [0.1, 0.15) is 24.5 Å². The molecular formula is C24H29N5O2. The monoisotopic (exact) mass is 419 g/mol. The molecule has 1 saturated heterocycles. The van der Waals surface area contributed by atoms with E-state index in [4.69, 9.17) is 0 Å². The molecule has 7 heteroatoms. The largest absolute Gasteiger partial charge is 0.340 e. The highest BCUT2D eigenvalue weighted by atomic mass is 16.2. The normalized spacial score (nSPS) is 19.5. The number of benzene rings is 2. The third-order valence-electron chi connectivity index (χ3n) is 5.79. The number of carbonyl (C=O) groups is 2. The number of nitrogens with zero attached hydrogens (tertiary/aromatic N) is 3. The number of nitrogens with one attached hydrogen (secondary N) is 2. The van der Waals surface area contributed by atoms with Crippen molar-refractivity contribution in [3.63, 3.8) is 0 Å². The highest BCUT2D eigenvalue weighted by molar-refractivity contribution is 6.06. The number of aliphatic imine (C=N–C) groups is 1. The number of piperazine rings is 1. The van der Waals surface area contributed by atoms with Crippen molar-refractivity contribution >= 4 is 23.5 Å². The molecule has 2 aromatic carbocycles. The van der Waals surface area contributed by atoms with Crippen LogP contribution >= 0.6 is 0 Å². The molecule has 2 heterocycles. The van der Waals surface area contributed by atoms with Crippen molar-refractivity contribution in [2.24, 2.45) is 4.99 Å². The van der Waals surface area contributed by atoms with Crippen LogP contribution in [0.4, 0.5) is 5.69 Å². The van der Waals surface area contributed by atoms with Gasteiger partial charge in [0.05, 0.1) is 6.42 Å². The van der Waals surface area contributed by atoms with E-state index >= 15 is 0 Å². The topological polar surface area (TPSA) is 77.0 Å². The molecule has 7 nitrogen and oxygen atoms in total. The number of aryl methyl sites for hydroxylation is 1. The Bertz CT molecular complexity index is 951. The van der Waals surface area contributed by atoms with E-state index in [1.165, 1.54) is 5.56 Å². The SMILES string of the molecule is CCc1ccccc1NC(=O)[C@@H]1CC(=O)NC(N2CCN(Cc3ccccc3)CC2)=N1. The van der Waals surface area contributed by atoms with Gasteiger partial charge in [0.2, 0.25) is 17.8 Å². The van der Waals surface area contributed by atoms with Crippen molar-refractivity contribution in [2.75, 3.05) is 31.5 Å². The third kappa shape index (κ3) is 5.30. The van der Waals surface area contributed by atoms with Gasteiger partial charge in [-0.3, -0.25) is 19.8 Å². The fourth-order valence-electron chi connectivity index (χ4n) is 4.01. The van der Waals surface area contributed by atoms with Gasteiger partial charge in [-0.2, -0.15) is 0 Å². The summed E-state index contributed by atoms with van der Waals surface area (Å²) < 4.78 is 0. The van der Waals surface area contributed by atoms with Crippen LogP contribution in [0.3, 0.4) is 0 Å². The molecule has 31 heavy (non-hydrogen) atoms. The number of guanidine groups is 1. The lowest BCUT2D eigenvalue weighted by atomic mass is 10.1. The molecule has 2 amide bonds. The van der Waals surface area contributed by atoms with E-state index < -0.39 is 6.04 Å². The smallest absolute Gasteiger partial charge is 0.249 e. The van der Waals surface area contributed by atoms with Crippen molar-refractivity contribution < 1.29 is 9.59 Å². The van der Waals surface area contributed by atoms with Crippen molar-refractivity contribution in [1.29, 1.82) is 0 Å². The number of carbonyl (C=O) groups excluding carboxylic acids is 2. The van der Waals surface area contributed by atoms with Crippen molar-refractivity contribution in [1.82, 2.24) is 15.1 Å². The van der Waals surface area contributed by atoms with Gasteiger partial charge in [0.1, 0.15) is 6.04 Å². The predicted molar refractivity (Wildman–Crippen MR) is 122 cm³/mol. The molecule has 162 valence electrons. The summed E-state index contributed by atoms with van der Waals surface area (Å²) in [5, 5.41) is 5.82. The summed E-state index contributed by atoms with van der Waals surface area (Å²) in [6.45, 7) is 6.25. The van der Waals surface area contributed by atoms with Crippen LogP contribution in [0.5, 0.6) is 0 Å². The Labute approximate surface area is 183 Å². The number of para-hydroxylation sites is 1. The Morgan fingerprint density at radius 1 is 1.06 bits per heavy atom. The third-order valence-corrected chi connectivity index (χ3v) is 5.79. The van der Waals surface area contributed by atoms with Gasteiger partial charge in [-0.25, -0.2) is 4.99 Å². The van der Waals surface area contributed by atoms with Gasteiger partial charge < -0.3 is 10.2 Å². The zero-order valence-electron chi connectivity index (χ0n) is 17.9. The summed E-state index contributed by atoms with van der Waals surface area (Å²) in [7, 11) is 0. The molecule has 0 spiro atoms.